The van der Waals surface area contributed by atoms with E-state index in [0.29, 0.717) is 4.83 Å². The molecule has 1 aliphatic heterocycles. The van der Waals surface area contributed by atoms with Gasteiger partial charge in [0.2, 0.25) is 0 Å². The Morgan fingerprint density at radius 3 is 3.08 bits per heavy atom. The molecule has 0 aromatic heterocycles. The van der Waals surface area contributed by atoms with E-state index in [-0.39, 0.29) is 0 Å². The Kier molecular flexibility index (Phi) is 2.83. The number of fused-ring (bicyclic) bond motifs is 1. The normalized spacial score (nSPS) is 20.7. The van der Waals surface area contributed by atoms with Gasteiger partial charge in [-0.2, -0.15) is 0 Å². The molecule has 1 aromatic rings. The molecule has 0 spiro atoms. The smallest absolute Gasteiger partial charge is 0.0443 e. The van der Waals surface area contributed by atoms with Crippen molar-refractivity contribution in [1.29, 1.82) is 0 Å². The van der Waals surface area contributed by atoms with E-state index in [0.717, 1.165) is 6.54 Å². The molecule has 1 aliphatic rings. The van der Waals surface area contributed by atoms with E-state index in [2.05, 4.69) is 62.9 Å². The number of halogens is 2. The average Bonchev–Trinajstić information content (AvgIpc) is 2.12. The van der Waals surface area contributed by atoms with Gasteiger partial charge in [-0.3, -0.25) is 0 Å². The Bertz CT molecular complexity index is 338. The highest BCUT2D eigenvalue weighted by atomic mass is 127. The van der Waals surface area contributed by atoms with Gasteiger partial charge in [0, 0.05) is 26.2 Å². The molecule has 1 unspecified atom stereocenters. The molecule has 2 rings (SSSR count). The van der Waals surface area contributed by atoms with Crippen molar-refractivity contribution in [2.45, 2.75) is 18.2 Å². The Hall–Kier alpha value is 0.230. The zero-order valence-electron chi connectivity index (χ0n) is 7.40. The van der Waals surface area contributed by atoms with Gasteiger partial charge < -0.3 is 5.32 Å². The summed E-state index contributed by atoms with van der Waals surface area (Å²) in [7, 11) is 0. The summed E-state index contributed by atoms with van der Waals surface area (Å²) in [5, 5.41) is 3.43. The van der Waals surface area contributed by atoms with Crippen molar-refractivity contribution < 1.29 is 0 Å². The second-order valence-corrected chi connectivity index (χ2v) is 5.52. The zero-order valence-corrected chi connectivity index (χ0v) is 11.1. The molecule has 1 nitrogen and oxygen atoms in total. The van der Waals surface area contributed by atoms with Gasteiger partial charge >= 0.3 is 0 Å². The van der Waals surface area contributed by atoms with Crippen LogP contribution < -0.4 is 5.32 Å². The molecule has 0 fully saturated rings. The topological polar surface area (TPSA) is 12.0 Å². The van der Waals surface area contributed by atoms with Gasteiger partial charge in [0.15, 0.2) is 0 Å². The first kappa shape index (κ1) is 9.77. The molecular formula is C10H11BrIN. The number of anilines is 1. The van der Waals surface area contributed by atoms with Crippen LogP contribution in [-0.2, 0) is 0 Å². The van der Waals surface area contributed by atoms with Gasteiger partial charge in [-0.15, -0.1) is 0 Å². The van der Waals surface area contributed by atoms with E-state index >= 15 is 0 Å². The summed E-state index contributed by atoms with van der Waals surface area (Å²) in [5.74, 6) is 0. The maximum Gasteiger partial charge on any atom is 0.0443 e. The van der Waals surface area contributed by atoms with Crippen molar-refractivity contribution in [2.75, 3.05) is 11.9 Å². The van der Waals surface area contributed by atoms with E-state index in [4.69, 9.17) is 0 Å². The quantitative estimate of drug-likeness (QED) is 0.553. The summed E-state index contributed by atoms with van der Waals surface area (Å²) < 4.78 is 1.39. The number of nitrogens with one attached hydrogen (secondary N) is 1. The van der Waals surface area contributed by atoms with E-state index < -0.39 is 0 Å². The molecule has 1 N–H and O–H groups in total. The van der Waals surface area contributed by atoms with Crippen molar-refractivity contribution in [2.24, 2.45) is 0 Å². The van der Waals surface area contributed by atoms with Crippen molar-refractivity contribution in [3.8, 4) is 0 Å². The second-order valence-electron chi connectivity index (χ2n) is 3.34. The molecule has 70 valence electrons. The van der Waals surface area contributed by atoms with Crippen LogP contribution in [0.4, 0.5) is 5.69 Å². The van der Waals surface area contributed by atoms with Crippen LogP contribution in [-0.4, -0.2) is 6.54 Å². The van der Waals surface area contributed by atoms with Gasteiger partial charge in [-0.05, 0) is 47.6 Å². The number of rotatable bonds is 0. The fourth-order valence-electron chi connectivity index (χ4n) is 1.64. The van der Waals surface area contributed by atoms with Gasteiger partial charge in [0.1, 0.15) is 0 Å². The third-order valence-electron chi connectivity index (χ3n) is 2.40. The van der Waals surface area contributed by atoms with Crippen molar-refractivity contribution in [3.63, 3.8) is 0 Å². The first-order valence-electron chi connectivity index (χ1n) is 4.37. The Labute approximate surface area is 101 Å². The lowest BCUT2D eigenvalue weighted by Gasteiger charge is -2.24. The molecule has 1 aromatic carbocycles. The van der Waals surface area contributed by atoms with Crippen molar-refractivity contribution in [1.82, 2.24) is 0 Å². The number of benzene rings is 1. The lowest BCUT2D eigenvalue weighted by atomic mass is 10.0. The first-order valence-corrected chi connectivity index (χ1v) is 6.36. The summed E-state index contributed by atoms with van der Waals surface area (Å²) in [6, 6.07) is 4.36. The van der Waals surface area contributed by atoms with Crippen LogP contribution >= 0.6 is 38.5 Å². The van der Waals surface area contributed by atoms with E-state index in [1.165, 1.54) is 26.8 Å². The van der Waals surface area contributed by atoms with Crippen LogP contribution in [0.5, 0.6) is 0 Å². The van der Waals surface area contributed by atoms with E-state index in [9.17, 15) is 0 Å². The Balaban J connectivity index is 2.58. The monoisotopic (exact) mass is 351 g/mol. The fraction of sp³-hybridized carbons (Fsp3) is 0.400. The fourth-order valence-corrected chi connectivity index (χ4v) is 3.62. The predicted molar refractivity (Wildman–Crippen MR) is 68.7 cm³/mol. The molecule has 3 heteroatoms. The summed E-state index contributed by atoms with van der Waals surface area (Å²) in [6.07, 6.45) is 1.17. The summed E-state index contributed by atoms with van der Waals surface area (Å²) >= 11 is 6.16. The zero-order chi connectivity index (χ0) is 9.42. The predicted octanol–water partition coefficient (Wildman–Crippen LogP) is 3.85. The number of aryl methyl sites for hydroxylation is 1. The van der Waals surface area contributed by atoms with Gasteiger partial charge in [-0.25, -0.2) is 0 Å². The van der Waals surface area contributed by atoms with E-state index in [1.54, 1.807) is 0 Å². The van der Waals surface area contributed by atoms with Gasteiger partial charge in [0.05, 0.1) is 0 Å². The third kappa shape index (κ3) is 1.73. The lowest BCUT2D eigenvalue weighted by Crippen LogP contribution is -2.15. The molecule has 1 heterocycles. The van der Waals surface area contributed by atoms with Crippen molar-refractivity contribution in [3.05, 3.63) is 26.8 Å². The first-order chi connectivity index (χ1) is 6.20. The Morgan fingerprint density at radius 1 is 1.54 bits per heavy atom. The minimum absolute atomic E-state index is 0.524. The third-order valence-corrected chi connectivity index (χ3v) is 4.75. The number of alkyl halides is 1. The minimum atomic E-state index is 0.524. The molecular weight excluding hydrogens is 341 g/mol. The molecule has 0 saturated heterocycles. The van der Waals surface area contributed by atoms with Crippen LogP contribution in [0.25, 0.3) is 0 Å². The van der Waals surface area contributed by atoms with Crippen LogP contribution in [0.2, 0.25) is 0 Å². The minimum Gasteiger partial charge on any atom is -0.385 e. The number of hydrogen-bond acceptors (Lipinski definition) is 1. The lowest BCUT2D eigenvalue weighted by molar-refractivity contribution is 0.817. The number of hydrogen-bond donors (Lipinski definition) is 1. The highest BCUT2D eigenvalue weighted by Crippen LogP contribution is 2.39. The average molecular weight is 352 g/mol. The molecule has 0 aliphatic carbocycles. The maximum atomic E-state index is 3.73. The van der Waals surface area contributed by atoms with Gasteiger partial charge in [0.25, 0.3) is 0 Å². The highest BCUT2D eigenvalue weighted by Gasteiger charge is 2.20. The molecule has 0 radical (unpaired) electrons. The Morgan fingerprint density at radius 2 is 2.31 bits per heavy atom. The molecule has 13 heavy (non-hydrogen) atoms. The second kappa shape index (κ2) is 3.77. The molecule has 0 bridgehead atoms. The standard InChI is InChI=1S/C10H11BrIN/c1-6-2-3-8-9(10(6)12)7(11)4-5-13-8/h2-3,7,13H,4-5H2,1H3. The largest absolute Gasteiger partial charge is 0.385 e. The van der Waals surface area contributed by atoms with Gasteiger partial charge in [-0.1, -0.05) is 22.0 Å². The molecule has 1 atom stereocenters. The van der Waals surface area contributed by atoms with Crippen LogP contribution in [0.1, 0.15) is 22.4 Å². The molecule has 0 amide bonds. The summed E-state index contributed by atoms with van der Waals surface area (Å²) in [6.45, 7) is 3.23. The highest BCUT2D eigenvalue weighted by molar-refractivity contribution is 14.1. The summed E-state index contributed by atoms with van der Waals surface area (Å²) in [4.78, 5) is 0.524. The van der Waals surface area contributed by atoms with Crippen LogP contribution in [0.15, 0.2) is 12.1 Å². The van der Waals surface area contributed by atoms with Crippen LogP contribution in [0.3, 0.4) is 0 Å². The maximum absolute atomic E-state index is 3.73. The SMILES string of the molecule is Cc1ccc2c(c1I)C(Br)CCN2. The van der Waals surface area contributed by atoms with Crippen molar-refractivity contribution >= 4 is 44.2 Å². The van der Waals surface area contributed by atoms with Crippen LogP contribution in [0, 0.1) is 10.5 Å². The summed E-state index contributed by atoms with van der Waals surface area (Å²) in [5.41, 5.74) is 4.10. The molecule has 0 saturated carbocycles. The van der Waals surface area contributed by atoms with E-state index in [1.807, 2.05) is 0 Å².